The summed E-state index contributed by atoms with van der Waals surface area (Å²) in [6.45, 7) is 11.6. The van der Waals surface area contributed by atoms with E-state index in [0.29, 0.717) is 5.92 Å². The van der Waals surface area contributed by atoms with Gasteiger partial charge >= 0.3 is 0 Å². The molecule has 1 atom stereocenters. The Kier molecular flexibility index (Phi) is 6.77. The number of ether oxygens (including phenoxy) is 1. The molecule has 1 aromatic rings. The monoisotopic (exact) mass is 344 g/mol. The largest absolute Gasteiger partial charge is 0.493 e. The normalized spacial score (nSPS) is 20.6. The van der Waals surface area contributed by atoms with E-state index in [2.05, 4.69) is 48.9 Å². The van der Waals surface area contributed by atoms with Crippen LogP contribution in [0.1, 0.15) is 56.6 Å². The van der Waals surface area contributed by atoms with Crippen molar-refractivity contribution >= 4 is 0 Å². The van der Waals surface area contributed by atoms with Gasteiger partial charge in [-0.15, -0.1) is 0 Å². The van der Waals surface area contributed by atoms with Gasteiger partial charge < -0.3 is 14.5 Å². The average Bonchev–Trinajstić information content (AvgIpc) is 3.46. The fraction of sp³-hybridized carbons (Fsp3) is 0.727. The van der Waals surface area contributed by atoms with E-state index >= 15 is 0 Å². The second kappa shape index (κ2) is 9.05. The van der Waals surface area contributed by atoms with Crippen LogP contribution in [0, 0.1) is 5.92 Å². The fourth-order valence-corrected chi connectivity index (χ4v) is 3.53. The molecule has 0 radical (unpaired) electrons. The van der Waals surface area contributed by atoms with Crippen LogP contribution in [-0.4, -0.2) is 56.2 Å². The summed E-state index contributed by atoms with van der Waals surface area (Å²) in [5.41, 5.74) is 2.89. The molecule has 2 aliphatic rings. The second-order valence-corrected chi connectivity index (χ2v) is 8.18. The molecule has 0 spiro atoms. The number of benzene rings is 1. The zero-order valence-electron chi connectivity index (χ0n) is 16.5. The van der Waals surface area contributed by atoms with Gasteiger partial charge in [0.05, 0.1) is 6.61 Å². The maximum Gasteiger partial charge on any atom is 0.122 e. The highest BCUT2D eigenvalue weighted by Crippen LogP contribution is 2.32. The molecular formula is C22H36N2O. The number of aryl methyl sites for hydroxylation is 1. The van der Waals surface area contributed by atoms with Gasteiger partial charge in [0.1, 0.15) is 5.75 Å². The van der Waals surface area contributed by atoms with Crippen molar-refractivity contribution in [2.24, 2.45) is 5.92 Å². The minimum absolute atomic E-state index is 0.633. The smallest absolute Gasteiger partial charge is 0.122 e. The SMILES string of the molecule is CCC(C)c1ccc(OCC2CC2)c(CCCN2CCN(C)CC2)c1. The topological polar surface area (TPSA) is 15.7 Å². The summed E-state index contributed by atoms with van der Waals surface area (Å²) in [7, 11) is 2.22. The van der Waals surface area contributed by atoms with Crippen molar-refractivity contribution < 1.29 is 4.74 Å². The molecule has 1 unspecified atom stereocenters. The first kappa shape index (κ1) is 18.7. The summed E-state index contributed by atoms with van der Waals surface area (Å²) in [5.74, 6) is 2.58. The molecule has 0 aromatic heterocycles. The van der Waals surface area contributed by atoms with E-state index < -0.39 is 0 Å². The molecule has 3 rings (SSSR count). The Hall–Kier alpha value is -1.06. The minimum Gasteiger partial charge on any atom is -0.493 e. The molecule has 3 heteroatoms. The molecule has 25 heavy (non-hydrogen) atoms. The molecule has 1 saturated heterocycles. The third-order valence-corrected chi connectivity index (χ3v) is 5.95. The Morgan fingerprint density at radius 2 is 1.92 bits per heavy atom. The van der Waals surface area contributed by atoms with Gasteiger partial charge in [0.2, 0.25) is 0 Å². The van der Waals surface area contributed by atoms with Gasteiger partial charge in [-0.2, -0.15) is 0 Å². The fourth-order valence-electron chi connectivity index (χ4n) is 3.53. The predicted molar refractivity (Wildman–Crippen MR) is 106 cm³/mol. The van der Waals surface area contributed by atoms with Gasteiger partial charge in [0.15, 0.2) is 0 Å². The van der Waals surface area contributed by atoms with E-state index in [0.717, 1.165) is 24.7 Å². The Morgan fingerprint density at radius 1 is 1.16 bits per heavy atom. The highest BCUT2D eigenvalue weighted by molar-refractivity contribution is 5.38. The van der Waals surface area contributed by atoms with Crippen LogP contribution in [0.15, 0.2) is 18.2 Å². The number of likely N-dealkylation sites (N-methyl/N-ethyl adjacent to an activating group) is 1. The van der Waals surface area contributed by atoms with Crippen LogP contribution < -0.4 is 4.74 Å². The van der Waals surface area contributed by atoms with E-state index in [1.807, 2.05) is 0 Å². The summed E-state index contributed by atoms with van der Waals surface area (Å²) in [6.07, 6.45) is 6.26. The lowest BCUT2D eigenvalue weighted by Crippen LogP contribution is -2.44. The summed E-state index contributed by atoms with van der Waals surface area (Å²) in [5, 5.41) is 0. The first-order valence-corrected chi connectivity index (χ1v) is 10.3. The number of rotatable bonds is 9. The average molecular weight is 345 g/mol. The molecule has 1 heterocycles. The van der Waals surface area contributed by atoms with Crippen LogP contribution in [0.4, 0.5) is 0 Å². The first-order chi connectivity index (χ1) is 12.2. The second-order valence-electron chi connectivity index (χ2n) is 8.18. The van der Waals surface area contributed by atoms with Crippen LogP contribution >= 0.6 is 0 Å². The van der Waals surface area contributed by atoms with Crippen LogP contribution in [0.2, 0.25) is 0 Å². The summed E-state index contributed by atoms with van der Waals surface area (Å²) < 4.78 is 6.17. The number of hydrogen-bond acceptors (Lipinski definition) is 3. The molecule has 0 amide bonds. The van der Waals surface area contributed by atoms with Crippen molar-refractivity contribution in [1.29, 1.82) is 0 Å². The quantitative estimate of drug-likeness (QED) is 0.669. The summed E-state index contributed by atoms with van der Waals surface area (Å²) in [4.78, 5) is 5.04. The third kappa shape index (κ3) is 5.72. The third-order valence-electron chi connectivity index (χ3n) is 5.95. The summed E-state index contributed by atoms with van der Waals surface area (Å²) >= 11 is 0. The molecule has 2 fully saturated rings. The van der Waals surface area contributed by atoms with Gasteiger partial charge in [-0.05, 0) is 74.7 Å². The Morgan fingerprint density at radius 3 is 2.60 bits per heavy atom. The zero-order valence-corrected chi connectivity index (χ0v) is 16.5. The molecule has 1 saturated carbocycles. The Balaban J connectivity index is 1.57. The van der Waals surface area contributed by atoms with Gasteiger partial charge in [0, 0.05) is 26.2 Å². The van der Waals surface area contributed by atoms with Crippen molar-refractivity contribution in [3.8, 4) is 5.75 Å². The van der Waals surface area contributed by atoms with Gasteiger partial charge in [0.25, 0.3) is 0 Å². The number of nitrogens with zero attached hydrogens (tertiary/aromatic N) is 2. The molecule has 1 aliphatic heterocycles. The lowest BCUT2D eigenvalue weighted by atomic mass is 9.95. The Bertz CT molecular complexity index is 533. The number of piperazine rings is 1. The highest BCUT2D eigenvalue weighted by Gasteiger charge is 2.22. The van der Waals surface area contributed by atoms with Crippen molar-refractivity contribution in [2.45, 2.75) is 51.9 Å². The molecule has 1 aromatic carbocycles. The zero-order chi connectivity index (χ0) is 17.6. The predicted octanol–water partition coefficient (Wildman–Crippen LogP) is 4.17. The van der Waals surface area contributed by atoms with E-state index in [1.165, 1.54) is 69.5 Å². The van der Waals surface area contributed by atoms with E-state index in [-0.39, 0.29) is 0 Å². The molecule has 140 valence electrons. The Labute approximate surface area is 154 Å². The van der Waals surface area contributed by atoms with Crippen molar-refractivity contribution in [3.05, 3.63) is 29.3 Å². The van der Waals surface area contributed by atoms with Crippen LogP contribution in [0.25, 0.3) is 0 Å². The van der Waals surface area contributed by atoms with Gasteiger partial charge in [-0.3, -0.25) is 0 Å². The van der Waals surface area contributed by atoms with E-state index in [1.54, 1.807) is 0 Å². The molecular weight excluding hydrogens is 308 g/mol. The molecule has 3 nitrogen and oxygen atoms in total. The van der Waals surface area contributed by atoms with Crippen LogP contribution in [0.3, 0.4) is 0 Å². The number of hydrogen-bond donors (Lipinski definition) is 0. The lowest BCUT2D eigenvalue weighted by molar-refractivity contribution is 0.153. The first-order valence-electron chi connectivity index (χ1n) is 10.3. The van der Waals surface area contributed by atoms with Gasteiger partial charge in [-0.1, -0.05) is 26.0 Å². The summed E-state index contributed by atoms with van der Waals surface area (Å²) in [6, 6.07) is 6.93. The van der Waals surface area contributed by atoms with Crippen molar-refractivity contribution in [3.63, 3.8) is 0 Å². The standard InChI is InChI=1S/C22H36N2O/c1-4-18(2)20-9-10-22(25-17-19-7-8-19)21(16-20)6-5-11-24-14-12-23(3)13-15-24/h9-10,16,18-19H,4-8,11-15,17H2,1-3H3. The minimum atomic E-state index is 0.633. The molecule has 0 N–H and O–H groups in total. The van der Waals surface area contributed by atoms with Crippen LogP contribution in [0.5, 0.6) is 5.75 Å². The van der Waals surface area contributed by atoms with E-state index in [4.69, 9.17) is 4.74 Å². The van der Waals surface area contributed by atoms with Gasteiger partial charge in [-0.25, -0.2) is 0 Å². The lowest BCUT2D eigenvalue weighted by Gasteiger charge is -2.32. The maximum absolute atomic E-state index is 6.17. The molecule has 0 bridgehead atoms. The highest BCUT2D eigenvalue weighted by atomic mass is 16.5. The van der Waals surface area contributed by atoms with E-state index in [9.17, 15) is 0 Å². The van der Waals surface area contributed by atoms with Crippen molar-refractivity contribution in [1.82, 2.24) is 9.80 Å². The van der Waals surface area contributed by atoms with Crippen LogP contribution in [-0.2, 0) is 6.42 Å². The maximum atomic E-state index is 6.17. The van der Waals surface area contributed by atoms with Crippen molar-refractivity contribution in [2.75, 3.05) is 46.4 Å². The molecule has 1 aliphatic carbocycles.